The molecule has 0 radical (unpaired) electrons. The Morgan fingerprint density at radius 3 is 2.36 bits per heavy atom. The molecule has 2 amide bonds. The maximum atomic E-state index is 10.7. The molecule has 0 spiro atoms. The summed E-state index contributed by atoms with van der Waals surface area (Å²) in [5.74, 6) is -1.19. The van der Waals surface area contributed by atoms with Gasteiger partial charge in [-0.15, -0.1) is 0 Å². The lowest BCUT2D eigenvalue weighted by Gasteiger charge is -2.01. The summed E-state index contributed by atoms with van der Waals surface area (Å²) in [5, 5.41) is 18.4. The van der Waals surface area contributed by atoms with E-state index in [2.05, 4.69) is 0 Å². The highest BCUT2D eigenvalue weighted by Gasteiger charge is 1.98. The minimum atomic E-state index is -1.87. The van der Waals surface area contributed by atoms with Gasteiger partial charge in [0.25, 0.3) is 0 Å². The van der Waals surface area contributed by atoms with Gasteiger partial charge in [0.15, 0.2) is 0 Å². The standard InChI is InChI=1S/C8H12N2O4/c9-6(11)4-2-1-3-5-7(12)10-8(13)14/h2-5,8,13-14H,1H2,(H2,9,11)(H,10,12). The lowest BCUT2D eigenvalue weighted by atomic mass is 10.3. The maximum absolute atomic E-state index is 10.7. The molecule has 0 aromatic heterocycles. The van der Waals surface area contributed by atoms with Crippen molar-refractivity contribution in [3.8, 4) is 0 Å². The fourth-order valence-electron chi connectivity index (χ4n) is 0.613. The van der Waals surface area contributed by atoms with E-state index in [-0.39, 0.29) is 0 Å². The smallest absolute Gasteiger partial charge is 0.247 e. The van der Waals surface area contributed by atoms with Crippen molar-refractivity contribution in [3.63, 3.8) is 0 Å². The minimum absolute atomic E-state index is 0.359. The molecule has 0 saturated heterocycles. The van der Waals surface area contributed by atoms with E-state index in [0.717, 1.165) is 6.08 Å². The molecule has 0 aliphatic heterocycles. The van der Waals surface area contributed by atoms with Crippen molar-refractivity contribution in [1.82, 2.24) is 5.32 Å². The monoisotopic (exact) mass is 200 g/mol. The van der Waals surface area contributed by atoms with Crippen molar-refractivity contribution >= 4 is 11.8 Å². The van der Waals surface area contributed by atoms with E-state index < -0.39 is 18.2 Å². The number of nitrogens with two attached hydrogens (primary N) is 1. The third-order valence-electron chi connectivity index (χ3n) is 1.09. The van der Waals surface area contributed by atoms with Crippen molar-refractivity contribution in [2.24, 2.45) is 5.73 Å². The van der Waals surface area contributed by atoms with Crippen LogP contribution in [0.3, 0.4) is 0 Å². The van der Waals surface area contributed by atoms with Gasteiger partial charge in [-0.2, -0.15) is 0 Å². The summed E-state index contributed by atoms with van der Waals surface area (Å²) in [4.78, 5) is 20.9. The van der Waals surface area contributed by atoms with E-state index in [1.54, 1.807) is 0 Å². The number of allylic oxidation sites excluding steroid dienone is 2. The Kier molecular flexibility index (Phi) is 6.01. The lowest BCUT2D eigenvalue weighted by Crippen LogP contribution is -2.32. The highest BCUT2D eigenvalue weighted by atomic mass is 16.5. The number of aliphatic hydroxyl groups excluding tert-OH is 1. The van der Waals surface area contributed by atoms with Crippen LogP contribution in [0.1, 0.15) is 6.42 Å². The quantitative estimate of drug-likeness (QED) is 0.315. The minimum Gasteiger partial charge on any atom is -0.366 e. The Balaban J connectivity index is 3.72. The normalized spacial score (nSPS) is 11.4. The number of primary amides is 1. The Morgan fingerprint density at radius 2 is 1.86 bits per heavy atom. The first kappa shape index (κ1) is 12.3. The molecule has 14 heavy (non-hydrogen) atoms. The summed E-state index contributed by atoms with van der Waals surface area (Å²) in [6.07, 6.45) is 3.69. The molecule has 0 heterocycles. The van der Waals surface area contributed by atoms with Gasteiger partial charge in [-0.05, 0) is 18.6 Å². The van der Waals surface area contributed by atoms with Crippen LogP contribution < -0.4 is 11.1 Å². The van der Waals surface area contributed by atoms with E-state index >= 15 is 0 Å². The first-order valence-corrected chi connectivity index (χ1v) is 3.81. The molecule has 0 unspecified atom stereocenters. The number of nitrogens with one attached hydrogen (secondary N) is 1. The van der Waals surface area contributed by atoms with Gasteiger partial charge in [0.1, 0.15) is 0 Å². The number of aliphatic hydroxyl groups is 2. The summed E-state index contributed by atoms with van der Waals surface area (Å²) >= 11 is 0. The molecule has 5 N–H and O–H groups in total. The highest BCUT2D eigenvalue weighted by Crippen LogP contribution is 1.85. The summed E-state index contributed by atoms with van der Waals surface area (Å²) in [5.41, 5.74) is 4.81. The van der Waals surface area contributed by atoms with Crippen molar-refractivity contribution in [2.75, 3.05) is 0 Å². The first-order valence-electron chi connectivity index (χ1n) is 3.81. The zero-order valence-corrected chi connectivity index (χ0v) is 7.38. The van der Waals surface area contributed by atoms with Gasteiger partial charge < -0.3 is 21.3 Å². The van der Waals surface area contributed by atoms with Gasteiger partial charge in [-0.3, -0.25) is 9.59 Å². The van der Waals surface area contributed by atoms with Crippen molar-refractivity contribution in [1.29, 1.82) is 0 Å². The van der Waals surface area contributed by atoms with Gasteiger partial charge in [-0.1, -0.05) is 12.2 Å². The number of carbonyl (C=O) groups is 2. The van der Waals surface area contributed by atoms with Crippen molar-refractivity contribution in [2.45, 2.75) is 12.8 Å². The SMILES string of the molecule is NC(=O)C=CCC=CC(=O)NC(O)O. The molecular formula is C8H12N2O4. The number of rotatable bonds is 5. The van der Waals surface area contributed by atoms with E-state index in [4.69, 9.17) is 15.9 Å². The van der Waals surface area contributed by atoms with Crippen LogP contribution in [0.5, 0.6) is 0 Å². The summed E-state index contributed by atoms with van der Waals surface area (Å²) in [7, 11) is 0. The molecule has 0 saturated carbocycles. The maximum Gasteiger partial charge on any atom is 0.247 e. The lowest BCUT2D eigenvalue weighted by molar-refractivity contribution is -0.129. The van der Waals surface area contributed by atoms with Crippen LogP contribution in [0.2, 0.25) is 0 Å². The molecule has 78 valence electrons. The van der Waals surface area contributed by atoms with Crippen LogP contribution in [-0.2, 0) is 9.59 Å². The second-order valence-corrected chi connectivity index (χ2v) is 2.33. The molecule has 6 heteroatoms. The van der Waals surface area contributed by atoms with Gasteiger partial charge in [0.2, 0.25) is 18.2 Å². The molecule has 0 aliphatic rings. The molecule has 0 aliphatic carbocycles. The zero-order valence-electron chi connectivity index (χ0n) is 7.38. The zero-order chi connectivity index (χ0) is 11.0. The Morgan fingerprint density at radius 1 is 1.29 bits per heavy atom. The second-order valence-electron chi connectivity index (χ2n) is 2.33. The number of carbonyl (C=O) groups excluding carboxylic acids is 2. The molecule has 0 aromatic rings. The Bertz CT molecular complexity index is 258. The largest absolute Gasteiger partial charge is 0.366 e. The van der Waals surface area contributed by atoms with E-state index in [0.29, 0.717) is 6.42 Å². The molecule has 0 atom stereocenters. The average Bonchev–Trinajstić information content (AvgIpc) is 2.01. The van der Waals surface area contributed by atoms with Gasteiger partial charge in [-0.25, -0.2) is 0 Å². The van der Waals surface area contributed by atoms with Gasteiger partial charge in [0.05, 0.1) is 0 Å². The molecule has 0 fully saturated rings. The summed E-state index contributed by atoms with van der Waals surface area (Å²) in [6, 6.07) is 0. The van der Waals surface area contributed by atoms with E-state index in [9.17, 15) is 9.59 Å². The number of amides is 2. The van der Waals surface area contributed by atoms with E-state index in [1.807, 2.05) is 5.32 Å². The number of hydrogen-bond donors (Lipinski definition) is 4. The van der Waals surface area contributed by atoms with Crippen LogP contribution in [0, 0.1) is 0 Å². The molecule has 0 aromatic carbocycles. The third-order valence-corrected chi connectivity index (χ3v) is 1.09. The number of hydrogen-bond acceptors (Lipinski definition) is 4. The van der Waals surface area contributed by atoms with Crippen molar-refractivity contribution in [3.05, 3.63) is 24.3 Å². The predicted molar refractivity (Wildman–Crippen MR) is 48.5 cm³/mol. The predicted octanol–water partition coefficient (Wildman–Crippen LogP) is -1.64. The van der Waals surface area contributed by atoms with E-state index in [1.165, 1.54) is 18.2 Å². The van der Waals surface area contributed by atoms with Gasteiger partial charge in [0, 0.05) is 0 Å². The summed E-state index contributed by atoms with van der Waals surface area (Å²) < 4.78 is 0. The Hall–Kier alpha value is -1.66. The average molecular weight is 200 g/mol. The molecule has 0 bridgehead atoms. The highest BCUT2D eigenvalue weighted by molar-refractivity contribution is 5.87. The van der Waals surface area contributed by atoms with Gasteiger partial charge >= 0.3 is 0 Å². The molecular weight excluding hydrogens is 188 g/mol. The Labute approximate surface area is 80.7 Å². The second kappa shape index (κ2) is 6.81. The van der Waals surface area contributed by atoms with Crippen LogP contribution >= 0.6 is 0 Å². The van der Waals surface area contributed by atoms with Crippen molar-refractivity contribution < 1.29 is 19.8 Å². The van der Waals surface area contributed by atoms with Crippen LogP contribution in [0.4, 0.5) is 0 Å². The summed E-state index contributed by atoms with van der Waals surface area (Å²) in [6.45, 7) is 0. The van der Waals surface area contributed by atoms with Crippen LogP contribution in [-0.4, -0.2) is 28.4 Å². The first-order chi connectivity index (χ1) is 6.52. The van der Waals surface area contributed by atoms with Crippen LogP contribution in [0.15, 0.2) is 24.3 Å². The third kappa shape index (κ3) is 8.44. The fourth-order valence-corrected chi connectivity index (χ4v) is 0.613. The molecule has 6 nitrogen and oxygen atoms in total. The molecule has 0 rings (SSSR count). The fraction of sp³-hybridized carbons (Fsp3) is 0.250. The topological polar surface area (TPSA) is 113 Å². The van der Waals surface area contributed by atoms with Crippen LogP contribution in [0.25, 0.3) is 0 Å².